The van der Waals surface area contributed by atoms with E-state index in [1.54, 1.807) is 0 Å². The molecule has 1 atom stereocenters. The van der Waals surface area contributed by atoms with Gasteiger partial charge in [-0.15, -0.1) is 0 Å². The van der Waals surface area contributed by atoms with E-state index in [1.807, 2.05) is 6.92 Å². The number of anilines is 2. The molecule has 1 fully saturated rings. The maximum absolute atomic E-state index is 11.8. The highest BCUT2D eigenvalue weighted by molar-refractivity contribution is 7.92. The molecule has 0 bridgehead atoms. The van der Waals surface area contributed by atoms with Crippen molar-refractivity contribution in [1.29, 1.82) is 0 Å². The predicted molar refractivity (Wildman–Crippen MR) is 78.0 cm³/mol. The molecule has 2 heterocycles. The summed E-state index contributed by atoms with van der Waals surface area (Å²) >= 11 is 0. The van der Waals surface area contributed by atoms with Crippen molar-refractivity contribution in [2.75, 3.05) is 36.6 Å². The van der Waals surface area contributed by atoms with Gasteiger partial charge >= 0.3 is 0 Å². The van der Waals surface area contributed by atoms with E-state index in [0.29, 0.717) is 36.9 Å². The third-order valence-electron chi connectivity index (χ3n) is 3.31. The number of nitrogens with one attached hydrogen (secondary N) is 2. The Morgan fingerprint density at radius 1 is 1.35 bits per heavy atom. The van der Waals surface area contributed by atoms with Crippen molar-refractivity contribution in [1.82, 2.24) is 9.97 Å². The van der Waals surface area contributed by atoms with Crippen LogP contribution in [0.25, 0.3) is 0 Å². The fourth-order valence-corrected chi connectivity index (χ4v) is 4.05. The predicted octanol–water partition coefficient (Wildman–Crippen LogP) is 0.906. The zero-order chi connectivity index (χ0) is 14.6. The number of ether oxygens (including phenoxy) is 1. The summed E-state index contributed by atoms with van der Waals surface area (Å²) < 4.78 is 28.9. The minimum atomic E-state index is -2.96. The van der Waals surface area contributed by atoms with Crippen LogP contribution >= 0.6 is 0 Å². The van der Waals surface area contributed by atoms with Crippen molar-refractivity contribution in [3.63, 3.8) is 0 Å². The van der Waals surface area contributed by atoms with Gasteiger partial charge in [-0.25, -0.2) is 18.4 Å². The van der Waals surface area contributed by atoms with Crippen molar-refractivity contribution < 1.29 is 13.2 Å². The summed E-state index contributed by atoms with van der Waals surface area (Å²) in [5.41, 5.74) is 0. The SMILES string of the molecule is CCNc1ncnc(NCC2CCCS2(=O)=O)c1OC. The number of sulfone groups is 1. The number of hydrogen-bond donors (Lipinski definition) is 2. The molecule has 7 nitrogen and oxygen atoms in total. The van der Waals surface area contributed by atoms with Crippen molar-refractivity contribution >= 4 is 21.5 Å². The van der Waals surface area contributed by atoms with Gasteiger partial charge in [0.25, 0.3) is 0 Å². The van der Waals surface area contributed by atoms with Crippen molar-refractivity contribution in [2.45, 2.75) is 25.0 Å². The molecular formula is C12H20N4O3S. The summed E-state index contributed by atoms with van der Waals surface area (Å²) in [4.78, 5) is 8.22. The Morgan fingerprint density at radius 2 is 2.05 bits per heavy atom. The Labute approximate surface area is 119 Å². The van der Waals surface area contributed by atoms with Gasteiger partial charge in [0.1, 0.15) is 6.33 Å². The molecule has 1 unspecified atom stereocenters. The van der Waals surface area contributed by atoms with Crippen LogP contribution in [0, 0.1) is 0 Å². The molecule has 1 aliphatic heterocycles. The Hall–Kier alpha value is -1.57. The molecule has 8 heteroatoms. The van der Waals surface area contributed by atoms with Gasteiger partial charge in [0.2, 0.25) is 5.75 Å². The smallest absolute Gasteiger partial charge is 0.204 e. The van der Waals surface area contributed by atoms with Gasteiger partial charge in [0.05, 0.1) is 18.1 Å². The summed E-state index contributed by atoms with van der Waals surface area (Å²) in [6, 6.07) is 0. The minimum Gasteiger partial charge on any atom is -0.490 e. The molecule has 20 heavy (non-hydrogen) atoms. The maximum Gasteiger partial charge on any atom is 0.204 e. The summed E-state index contributed by atoms with van der Waals surface area (Å²) in [7, 11) is -1.42. The Morgan fingerprint density at radius 3 is 2.60 bits per heavy atom. The van der Waals surface area contributed by atoms with Gasteiger partial charge < -0.3 is 15.4 Å². The van der Waals surface area contributed by atoms with E-state index in [1.165, 1.54) is 13.4 Å². The molecule has 0 aliphatic carbocycles. The fraction of sp³-hybridized carbons (Fsp3) is 0.667. The van der Waals surface area contributed by atoms with E-state index in [-0.39, 0.29) is 11.0 Å². The molecule has 1 saturated heterocycles. The van der Waals surface area contributed by atoms with Crippen molar-refractivity contribution in [3.8, 4) is 5.75 Å². The Balaban J connectivity index is 2.11. The number of nitrogens with zero attached hydrogens (tertiary/aromatic N) is 2. The number of rotatable bonds is 6. The van der Waals surface area contributed by atoms with Crippen LogP contribution in [0.15, 0.2) is 6.33 Å². The van der Waals surface area contributed by atoms with Crippen molar-refractivity contribution in [3.05, 3.63) is 6.33 Å². The number of hydrogen-bond acceptors (Lipinski definition) is 7. The molecule has 2 rings (SSSR count). The highest BCUT2D eigenvalue weighted by atomic mass is 32.2. The van der Waals surface area contributed by atoms with Crippen LogP contribution in [-0.4, -0.2) is 49.6 Å². The fourth-order valence-electron chi connectivity index (χ4n) is 2.28. The quantitative estimate of drug-likeness (QED) is 0.806. The lowest BCUT2D eigenvalue weighted by Crippen LogP contribution is -2.25. The normalized spacial score (nSPS) is 20.6. The largest absolute Gasteiger partial charge is 0.490 e. The molecule has 0 aromatic carbocycles. The van der Waals surface area contributed by atoms with Gasteiger partial charge in [-0.05, 0) is 19.8 Å². The standard InChI is InChI=1S/C12H20N4O3S/c1-3-13-11-10(19-2)12(16-8-15-11)14-7-9-5-4-6-20(9,17)18/h8-9H,3-7H2,1-2H3,(H2,13,14,15,16). The van der Waals surface area contributed by atoms with Gasteiger partial charge in [0.15, 0.2) is 21.5 Å². The van der Waals surface area contributed by atoms with Crippen LogP contribution in [0.1, 0.15) is 19.8 Å². The number of methoxy groups -OCH3 is 1. The first-order valence-electron chi connectivity index (χ1n) is 6.66. The van der Waals surface area contributed by atoms with Crippen molar-refractivity contribution in [2.24, 2.45) is 0 Å². The first kappa shape index (κ1) is 14.8. The molecule has 1 aliphatic rings. The van der Waals surface area contributed by atoms with E-state index < -0.39 is 9.84 Å². The van der Waals surface area contributed by atoms with Crippen LogP contribution in [-0.2, 0) is 9.84 Å². The summed E-state index contributed by atoms with van der Waals surface area (Å²) in [5, 5.41) is 5.80. The third-order valence-corrected chi connectivity index (χ3v) is 5.59. The molecule has 0 amide bonds. The molecule has 0 spiro atoms. The molecule has 0 radical (unpaired) electrons. The Kier molecular flexibility index (Phi) is 4.64. The lowest BCUT2D eigenvalue weighted by molar-refractivity contribution is 0.414. The average Bonchev–Trinajstić information content (AvgIpc) is 2.76. The molecule has 1 aromatic rings. The third kappa shape index (κ3) is 3.12. The highest BCUT2D eigenvalue weighted by Gasteiger charge is 2.31. The topological polar surface area (TPSA) is 93.2 Å². The zero-order valence-corrected chi connectivity index (χ0v) is 12.5. The Bertz CT molecular complexity index is 562. The first-order valence-corrected chi connectivity index (χ1v) is 8.38. The molecule has 0 saturated carbocycles. The van der Waals surface area contributed by atoms with Gasteiger partial charge in [-0.3, -0.25) is 0 Å². The highest BCUT2D eigenvalue weighted by Crippen LogP contribution is 2.29. The second-order valence-electron chi connectivity index (χ2n) is 4.65. The second-order valence-corrected chi connectivity index (χ2v) is 7.05. The molecule has 2 N–H and O–H groups in total. The van der Waals surface area contributed by atoms with E-state index in [2.05, 4.69) is 20.6 Å². The van der Waals surface area contributed by atoms with E-state index in [9.17, 15) is 8.42 Å². The van der Waals surface area contributed by atoms with Crippen LogP contribution in [0.2, 0.25) is 0 Å². The van der Waals surface area contributed by atoms with Crippen LogP contribution in [0.3, 0.4) is 0 Å². The second kappa shape index (κ2) is 6.25. The maximum atomic E-state index is 11.8. The van der Waals surface area contributed by atoms with Crippen LogP contribution in [0.5, 0.6) is 5.75 Å². The average molecular weight is 300 g/mol. The van der Waals surface area contributed by atoms with Crippen LogP contribution in [0.4, 0.5) is 11.6 Å². The lowest BCUT2D eigenvalue weighted by Gasteiger charge is -2.15. The molecular weight excluding hydrogens is 280 g/mol. The molecule has 112 valence electrons. The molecule has 1 aromatic heterocycles. The summed E-state index contributed by atoms with van der Waals surface area (Å²) in [6.07, 6.45) is 2.85. The minimum absolute atomic E-state index is 0.281. The summed E-state index contributed by atoms with van der Waals surface area (Å²) in [5.74, 6) is 1.90. The first-order chi connectivity index (χ1) is 9.58. The van der Waals surface area contributed by atoms with E-state index >= 15 is 0 Å². The van der Waals surface area contributed by atoms with Crippen LogP contribution < -0.4 is 15.4 Å². The van der Waals surface area contributed by atoms with Gasteiger partial charge in [-0.2, -0.15) is 0 Å². The van der Waals surface area contributed by atoms with E-state index in [0.717, 1.165) is 6.42 Å². The van der Waals surface area contributed by atoms with Gasteiger partial charge in [-0.1, -0.05) is 0 Å². The van der Waals surface area contributed by atoms with Gasteiger partial charge in [0, 0.05) is 13.1 Å². The monoisotopic (exact) mass is 300 g/mol. The summed E-state index contributed by atoms with van der Waals surface area (Å²) in [6.45, 7) is 3.02. The number of aromatic nitrogens is 2. The van der Waals surface area contributed by atoms with E-state index in [4.69, 9.17) is 4.74 Å². The lowest BCUT2D eigenvalue weighted by atomic mass is 10.2. The zero-order valence-electron chi connectivity index (χ0n) is 11.7.